The van der Waals surface area contributed by atoms with E-state index in [9.17, 15) is 10.1 Å². The summed E-state index contributed by atoms with van der Waals surface area (Å²) in [6.45, 7) is 1.74. The van der Waals surface area contributed by atoms with Crippen LogP contribution >= 0.6 is 0 Å². The highest BCUT2D eigenvalue weighted by molar-refractivity contribution is 6.01. The molecule has 0 unspecified atom stereocenters. The molecule has 1 heterocycles. The Morgan fingerprint density at radius 1 is 0.923 bits per heavy atom. The first-order valence-electron chi connectivity index (χ1n) is 9.65. The van der Waals surface area contributed by atoms with Gasteiger partial charge in [0.1, 0.15) is 0 Å². The van der Waals surface area contributed by atoms with Gasteiger partial charge in [-0.05, 0) is 42.4 Å². The predicted octanol–water partition coefficient (Wildman–Crippen LogP) is 4.88. The molecule has 1 saturated carbocycles. The van der Waals surface area contributed by atoms with Gasteiger partial charge >= 0.3 is 0 Å². The van der Waals surface area contributed by atoms with E-state index < -0.39 is 0 Å². The summed E-state index contributed by atoms with van der Waals surface area (Å²) in [5.74, 6) is 1.58. The molecule has 26 heavy (non-hydrogen) atoms. The van der Waals surface area contributed by atoms with Crippen LogP contribution in [-0.2, 0) is 0 Å². The third kappa shape index (κ3) is 3.12. The molecule has 2 aromatic rings. The molecule has 0 bridgehead atoms. The van der Waals surface area contributed by atoms with Crippen molar-refractivity contribution in [1.29, 1.82) is 5.26 Å². The van der Waals surface area contributed by atoms with Gasteiger partial charge in [0.05, 0.1) is 11.6 Å². The fraction of sp³-hybridized carbons (Fsp3) is 0.391. The van der Waals surface area contributed by atoms with Crippen LogP contribution in [0.2, 0.25) is 0 Å². The van der Waals surface area contributed by atoms with Crippen LogP contribution in [0.3, 0.4) is 0 Å². The van der Waals surface area contributed by atoms with E-state index in [-0.39, 0.29) is 5.91 Å². The molecular weight excluding hydrogens is 320 g/mol. The zero-order chi connectivity index (χ0) is 17.9. The van der Waals surface area contributed by atoms with E-state index in [4.69, 9.17) is 0 Å². The van der Waals surface area contributed by atoms with Crippen molar-refractivity contribution in [1.82, 2.24) is 4.90 Å². The number of fused-ring (bicyclic) bond motifs is 1. The Labute approximate surface area is 155 Å². The second kappa shape index (κ2) is 7.33. The zero-order valence-corrected chi connectivity index (χ0v) is 15.0. The van der Waals surface area contributed by atoms with Crippen LogP contribution in [0.25, 0.3) is 11.1 Å². The number of benzene rings is 2. The van der Waals surface area contributed by atoms with Crippen LogP contribution in [0.1, 0.15) is 48.0 Å². The molecule has 1 amide bonds. The minimum absolute atomic E-state index is 0.109. The van der Waals surface area contributed by atoms with E-state index >= 15 is 0 Å². The normalized spacial score (nSPS) is 22.3. The summed E-state index contributed by atoms with van der Waals surface area (Å²) < 4.78 is 0. The van der Waals surface area contributed by atoms with Crippen molar-refractivity contribution >= 4 is 5.91 Å². The summed E-state index contributed by atoms with van der Waals surface area (Å²) in [6.07, 6.45) is 6.37. The lowest BCUT2D eigenvalue weighted by molar-refractivity contribution is 0.0521. The van der Waals surface area contributed by atoms with Crippen LogP contribution in [0, 0.1) is 23.2 Å². The van der Waals surface area contributed by atoms with Crippen molar-refractivity contribution < 1.29 is 4.79 Å². The Kier molecular flexibility index (Phi) is 4.75. The standard InChI is InChI=1S/C23H24N2O/c24-15-18-8-3-4-10-20(18)21-11-5-6-12-22(21)23(26)25-14-13-17-7-1-2-9-19(17)16-25/h3-6,8,10-12,17,19H,1-2,7,9,13-14,16H2/t17-,19-/m0/s1. The molecule has 0 radical (unpaired) electrons. The number of carbonyl (C=O) groups is 1. The molecule has 1 aliphatic heterocycles. The Bertz CT molecular complexity index is 851. The van der Waals surface area contributed by atoms with Crippen molar-refractivity contribution in [3.63, 3.8) is 0 Å². The first-order valence-corrected chi connectivity index (χ1v) is 9.65. The Balaban J connectivity index is 1.64. The summed E-state index contributed by atoms with van der Waals surface area (Å²) in [4.78, 5) is 15.4. The summed E-state index contributed by atoms with van der Waals surface area (Å²) in [5, 5.41) is 9.44. The topological polar surface area (TPSA) is 44.1 Å². The van der Waals surface area contributed by atoms with E-state index in [1.54, 1.807) is 0 Å². The predicted molar refractivity (Wildman–Crippen MR) is 103 cm³/mol. The molecule has 4 rings (SSSR count). The smallest absolute Gasteiger partial charge is 0.254 e. The summed E-state index contributed by atoms with van der Waals surface area (Å²) in [5.41, 5.74) is 3.02. The number of carbonyl (C=O) groups excluding carboxylic acids is 1. The van der Waals surface area contributed by atoms with Crippen molar-refractivity contribution in [3.8, 4) is 17.2 Å². The molecule has 1 aliphatic carbocycles. The molecule has 1 saturated heterocycles. The van der Waals surface area contributed by atoms with Crippen LogP contribution in [0.5, 0.6) is 0 Å². The number of amides is 1. The maximum Gasteiger partial charge on any atom is 0.254 e. The van der Waals surface area contributed by atoms with Crippen LogP contribution in [0.15, 0.2) is 48.5 Å². The number of piperidine rings is 1. The van der Waals surface area contributed by atoms with Crippen molar-refractivity contribution in [2.75, 3.05) is 13.1 Å². The van der Waals surface area contributed by atoms with E-state index in [0.717, 1.165) is 36.6 Å². The molecule has 3 nitrogen and oxygen atoms in total. The number of nitriles is 1. The molecule has 0 aromatic heterocycles. The maximum absolute atomic E-state index is 13.3. The lowest BCUT2D eigenvalue weighted by atomic mass is 9.75. The monoisotopic (exact) mass is 344 g/mol. The minimum atomic E-state index is 0.109. The van der Waals surface area contributed by atoms with E-state index in [2.05, 4.69) is 6.07 Å². The Hall–Kier alpha value is -2.60. The number of hydrogen-bond acceptors (Lipinski definition) is 2. The lowest BCUT2D eigenvalue weighted by Crippen LogP contribution is -2.44. The van der Waals surface area contributed by atoms with Gasteiger partial charge in [0, 0.05) is 24.2 Å². The SMILES string of the molecule is N#Cc1ccccc1-c1ccccc1C(=O)N1CC[C@@H]2CCCC[C@H]2C1. The van der Waals surface area contributed by atoms with E-state index in [1.165, 1.54) is 25.7 Å². The summed E-state index contributed by atoms with van der Waals surface area (Å²) in [6, 6.07) is 17.5. The molecule has 132 valence electrons. The molecule has 0 spiro atoms. The van der Waals surface area contributed by atoms with Crippen molar-refractivity contribution in [2.45, 2.75) is 32.1 Å². The van der Waals surface area contributed by atoms with Gasteiger partial charge in [-0.3, -0.25) is 4.79 Å². The number of likely N-dealkylation sites (tertiary alicyclic amines) is 1. The van der Waals surface area contributed by atoms with Crippen molar-refractivity contribution in [2.24, 2.45) is 11.8 Å². The van der Waals surface area contributed by atoms with Gasteiger partial charge < -0.3 is 4.90 Å². The van der Waals surface area contributed by atoms with Crippen LogP contribution in [0.4, 0.5) is 0 Å². The number of hydrogen-bond donors (Lipinski definition) is 0. The van der Waals surface area contributed by atoms with Gasteiger partial charge in [0.25, 0.3) is 5.91 Å². The van der Waals surface area contributed by atoms with Gasteiger partial charge in [0.2, 0.25) is 0 Å². The fourth-order valence-electron chi connectivity index (χ4n) is 4.68. The average Bonchev–Trinajstić information content (AvgIpc) is 2.73. The molecule has 2 atom stereocenters. The van der Waals surface area contributed by atoms with E-state index in [1.807, 2.05) is 53.4 Å². The Morgan fingerprint density at radius 2 is 1.62 bits per heavy atom. The second-order valence-corrected chi connectivity index (χ2v) is 7.55. The minimum Gasteiger partial charge on any atom is -0.338 e. The second-order valence-electron chi connectivity index (χ2n) is 7.55. The zero-order valence-electron chi connectivity index (χ0n) is 15.0. The molecule has 2 fully saturated rings. The quantitative estimate of drug-likeness (QED) is 0.779. The van der Waals surface area contributed by atoms with Gasteiger partial charge in [0.15, 0.2) is 0 Å². The van der Waals surface area contributed by atoms with Gasteiger partial charge in [-0.2, -0.15) is 5.26 Å². The molecule has 2 aromatic carbocycles. The molecule has 2 aliphatic rings. The maximum atomic E-state index is 13.3. The third-order valence-electron chi connectivity index (χ3n) is 6.07. The fourth-order valence-corrected chi connectivity index (χ4v) is 4.68. The van der Waals surface area contributed by atoms with Crippen molar-refractivity contribution in [3.05, 3.63) is 59.7 Å². The first kappa shape index (κ1) is 16.8. The third-order valence-corrected chi connectivity index (χ3v) is 6.07. The number of nitrogens with zero attached hydrogens (tertiary/aromatic N) is 2. The van der Waals surface area contributed by atoms with Gasteiger partial charge in [-0.25, -0.2) is 0 Å². The highest BCUT2D eigenvalue weighted by Gasteiger charge is 2.33. The number of rotatable bonds is 2. The van der Waals surface area contributed by atoms with Crippen LogP contribution < -0.4 is 0 Å². The van der Waals surface area contributed by atoms with Gasteiger partial charge in [-0.1, -0.05) is 55.7 Å². The van der Waals surface area contributed by atoms with Gasteiger partial charge in [-0.15, -0.1) is 0 Å². The molecule has 3 heteroatoms. The van der Waals surface area contributed by atoms with Crippen LogP contribution in [-0.4, -0.2) is 23.9 Å². The van der Waals surface area contributed by atoms with E-state index in [0.29, 0.717) is 17.0 Å². The highest BCUT2D eigenvalue weighted by atomic mass is 16.2. The summed E-state index contributed by atoms with van der Waals surface area (Å²) in [7, 11) is 0. The summed E-state index contributed by atoms with van der Waals surface area (Å²) >= 11 is 0. The first-order chi connectivity index (χ1) is 12.8. The largest absolute Gasteiger partial charge is 0.338 e. The molecular formula is C23H24N2O. The average molecular weight is 344 g/mol. The Morgan fingerprint density at radius 3 is 2.42 bits per heavy atom. The molecule has 0 N–H and O–H groups in total. The lowest BCUT2D eigenvalue weighted by Gasteiger charge is -2.41. The highest BCUT2D eigenvalue weighted by Crippen LogP contribution is 2.37.